The number of aromatic nitrogens is 3. The van der Waals surface area contributed by atoms with Gasteiger partial charge in [0.15, 0.2) is 0 Å². The summed E-state index contributed by atoms with van der Waals surface area (Å²) in [6.45, 7) is 0.720. The van der Waals surface area contributed by atoms with Gasteiger partial charge in [-0.25, -0.2) is 4.98 Å². The molecule has 0 saturated heterocycles. The van der Waals surface area contributed by atoms with Crippen LogP contribution in [0.15, 0.2) is 42.6 Å². The van der Waals surface area contributed by atoms with Crippen LogP contribution < -0.4 is 11.1 Å². The van der Waals surface area contributed by atoms with Crippen molar-refractivity contribution in [3.05, 3.63) is 59.7 Å². The first-order valence-corrected chi connectivity index (χ1v) is 9.67. The van der Waals surface area contributed by atoms with Crippen LogP contribution in [0, 0.1) is 0 Å². The van der Waals surface area contributed by atoms with Crippen LogP contribution >= 0.6 is 17.0 Å². The summed E-state index contributed by atoms with van der Waals surface area (Å²) in [6, 6.07) is 13.1. The Morgan fingerprint density at radius 3 is 2.96 bits per heavy atom. The highest BCUT2D eigenvalue weighted by Crippen LogP contribution is 2.28. The zero-order chi connectivity index (χ0) is 17.8. The van der Waals surface area contributed by atoms with E-state index in [0.717, 1.165) is 55.5 Å². The fourth-order valence-electron chi connectivity index (χ4n) is 4.00. The van der Waals surface area contributed by atoms with Crippen LogP contribution in [0.2, 0.25) is 0 Å². The number of benzene rings is 1. The second kappa shape index (κ2) is 9.44. The molecule has 0 bridgehead atoms. The number of pyridine rings is 1. The molecule has 1 aliphatic rings. The molecule has 1 aliphatic carbocycles. The Morgan fingerprint density at radius 1 is 1.22 bits per heavy atom. The first-order valence-electron chi connectivity index (χ1n) is 9.67. The van der Waals surface area contributed by atoms with E-state index in [2.05, 4.69) is 33.5 Å². The van der Waals surface area contributed by atoms with Crippen molar-refractivity contribution in [3.8, 4) is 0 Å². The van der Waals surface area contributed by atoms with Crippen LogP contribution in [0.1, 0.15) is 48.8 Å². The molecule has 0 aliphatic heterocycles. The van der Waals surface area contributed by atoms with Gasteiger partial charge in [-0.2, -0.15) is 0 Å². The van der Waals surface area contributed by atoms with Gasteiger partial charge in [-0.15, -0.1) is 17.0 Å². The van der Waals surface area contributed by atoms with Gasteiger partial charge in [-0.05, 0) is 62.4 Å². The normalized spacial score (nSPS) is 17.3. The van der Waals surface area contributed by atoms with Crippen molar-refractivity contribution in [3.63, 3.8) is 0 Å². The average Bonchev–Trinajstić information content (AvgIpc) is 3.08. The van der Waals surface area contributed by atoms with Gasteiger partial charge in [0.1, 0.15) is 5.82 Å². The smallest absolute Gasteiger partial charge is 0.108 e. The maximum absolute atomic E-state index is 5.78. The SMILES string of the molecule is Br.NCCCC(Cc1nc2ccccc2[nH]1)NC1CCCc2cccnc21. The molecule has 27 heavy (non-hydrogen) atoms. The van der Waals surface area contributed by atoms with E-state index in [1.165, 1.54) is 17.7 Å². The van der Waals surface area contributed by atoms with Gasteiger partial charge in [0.05, 0.1) is 16.7 Å². The number of nitrogens with two attached hydrogens (primary N) is 1. The van der Waals surface area contributed by atoms with Crippen molar-refractivity contribution < 1.29 is 0 Å². The third kappa shape index (κ3) is 4.75. The fraction of sp³-hybridized carbons (Fsp3) is 0.429. The van der Waals surface area contributed by atoms with E-state index < -0.39 is 0 Å². The Kier molecular flexibility index (Phi) is 6.99. The maximum atomic E-state index is 5.78. The molecule has 4 N–H and O–H groups in total. The standard InChI is InChI=1S/C21H27N5.BrH/c22-12-4-8-16(14-20-25-17-9-1-2-10-18(17)26-20)24-19-11-3-6-15-7-5-13-23-21(15)19;/h1-2,5,7,9-10,13,16,19,24H,3-4,6,8,11-12,14,22H2,(H,25,26);1H. The Labute approximate surface area is 170 Å². The van der Waals surface area contributed by atoms with E-state index in [1.54, 1.807) is 0 Å². The second-order valence-corrected chi connectivity index (χ2v) is 7.19. The number of hydrogen-bond acceptors (Lipinski definition) is 4. The minimum atomic E-state index is 0. The van der Waals surface area contributed by atoms with E-state index >= 15 is 0 Å². The molecule has 0 spiro atoms. The number of imidazole rings is 1. The first-order chi connectivity index (χ1) is 12.8. The molecule has 1 aromatic carbocycles. The number of hydrogen-bond donors (Lipinski definition) is 3. The van der Waals surface area contributed by atoms with E-state index in [1.807, 2.05) is 24.4 Å². The lowest BCUT2D eigenvalue weighted by atomic mass is 9.91. The van der Waals surface area contributed by atoms with Crippen LogP contribution in [0.25, 0.3) is 11.0 Å². The van der Waals surface area contributed by atoms with Crippen molar-refractivity contribution in [1.29, 1.82) is 0 Å². The summed E-state index contributed by atoms with van der Waals surface area (Å²) in [6.07, 6.45) is 8.35. The molecule has 6 heteroatoms. The van der Waals surface area contributed by atoms with Gasteiger partial charge in [0.2, 0.25) is 0 Å². The Balaban J connectivity index is 0.00000210. The molecule has 0 saturated carbocycles. The van der Waals surface area contributed by atoms with Crippen LogP contribution in [0.4, 0.5) is 0 Å². The van der Waals surface area contributed by atoms with Crippen LogP contribution in [-0.4, -0.2) is 27.5 Å². The van der Waals surface area contributed by atoms with Gasteiger partial charge < -0.3 is 16.0 Å². The molecule has 5 nitrogen and oxygen atoms in total. The molecule has 144 valence electrons. The summed E-state index contributed by atoms with van der Waals surface area (Å²) in [5, 5.41) is 3.86. The van der Waals surface area contributed by atoms with Gasteiger partial charge in [-0.3, -0.25) is 4.98 Å². The molecule has 4 rings (SSSR count). The van der Waals surface area contributed by atoms with Gasteiger partial charge in [0.25, 0.3) is 0 Å². The fourth-order valence-corrected chi connectivity index (χ4v) is 4.00. The zero-order valence-electron chi connectivity index (χ0n) is 15.5. The molecule has 0 amide bonds. The second-order valence-electron chi connectivity index (χ2n) is 7.19. The molecular formula is C21H28BrN5. The van der Waals surface area contributed by atoms with Crippen molar-refractivity contribution in [1.82, 2.24) is 20.3 Å². The van der Waals surface area contributed by atoms with E-state index in [-0.39, 0.29) is 17.0 Å². The molecular weight excluding hydrogens is 402 g/mol. The van der Waals surface area contributed by atoms with Gasteiger partial charge in [0, 0.05) is 24.7 Å². The van der Waals surface area contributed by atoms with E-state index in [0.29, 0.717) is 12.1 Å². The number of nitrogens with zero attached hydrogens (tertiary/aromatic N) is 2. The monoisotopic (exact) mass is 429 g/mol. The highest BCUT2D eigenvalue weighted by Gasteiger charge is 2.24. The van der Waals surface area contributed by atoms with Gasteiger partial charge in [-0.1, -0.05) is 18.2 Å². The quantitative estimate of drug-likeness (QED) is 0.532. The third-order valence-electron chi connectivity index (χ3n) is 5.27. The van der Waals surface area contributed by atoms with Crippen LogP contribution in [0.5, 0.6) is 0 Å². The molecule has 0 fully saturated rings. The molecule has 0 radical (unpaired) electrons. The number of H-pyrrole nitrogens is 1. The van der Waals surface area contributed by atoms with Gasteiger partial charge >= 0.3 is 0 Å². The van der Waals surface area contributed by atoms with Crippen molar-refractivity contribution in [2.24, 2.45) is 5.73 Å². The van der Waals surface area contributed by atoms with Crippen molar-refractivity contribution >= 4 is 28.0 Å². The lowest BCUT2D eigenvalue weighted by molar-refractivity contribution is 0.363. The van der Waals surface area contributed by atoms with E-state index in [9.17, 15) is 0 Å². The van der Waals surface area contributed by atoms with Crippen LogP contribution in [-0.2, 0) is 12.8 Å². The summed E-state index contributed by atoms with van der Waals surface area (Å²) in [7, 11) is 0. The highest BCUT2D eigenvalue weighted by molar-refractivity contribution is 8.93. The van der Waals surface area contributed by atoms with Crippen molar-refractivity contribution in [2.75, 3.05) is 6.54 Å². The Morgan fingerprint density at radius 2 is 2.11 bits per heavy atom. The molecule has 2 heterocycles. The zero-order valence-corrected chi connectivity index (χ0v) is 17.2. The number of halogens is 1. The topological polar surface area (TPSA) is 79.6 Å². The molecule has 2 unspecified atom stereocenters. The minimum absolute atomic E-state index is 0. The number of aryl methyl sites for hydroxylation is 1. The van der Waals surface area contributed by atoms with Crippen LogP contribution in [0.3, 0.4) is 0 Å². The summed E-state index contributed by atoms with van der Waals surface area (Å²) in [4.78, 5) is 12.9. The molecule has 2 atom stereocenters. The number of para-hydroxylation sites is 2. The minimum Gasteiger partial charge on any atom is -0.342 e. The molecule has 2 aromatic heterocycles. The Bertz CT molecular complexity index is 829. The maximum Gasteiger partial charge on any atom is 0.108 e. The predicted octanol–water partition coefficient (Wildman–Crippen LogP) is 3.85. The summed E-state index contributed by atoms with van der Waals surface area (Å²) in [5.74, 6) is 1.04. The number of nitrogens with one attached hydrogen (secondary N) is 2. The molecule has 3 aromatic rings. The number of fused-ring (bicyclic) bond motifs is 2. The summed E-state index contributed by atoms with van der Waals surface area (Å²) >= 11 is 0. The average molecular weight is 430 g/mol. The highest BCUT2D eigenvalue weighted by atomic mass is 79.9. The summed E-state index contributed by atoms with van der Waals surface area (Å²) in [5.41, 5.74) is 10.5. The first kappa shape index (κ1) is 20.0. The lowest BCUT2D eigenvalue weighted by Crippen LogP contribution is -2.37. The number of rotatable bonds is 7. The summed E-state index contributed by atoms with van der Waals surface area (Å²) < 4.78 is 0. The number of aromatic amines is 1. The Hall–Kier alpha value is -1.76. The third-order valence-corrected chi connectivity index (χ3v) is 5.27. The predicted molar refractivity (Wildman–Crippen MR) is 115 cm³/mol. The van der Waals surface area contributed by atoms with Crippen molar-refractivity contribution in [2.45, 2.75) is 50.6 Å². The largest absolute Gasteiger partial charge is 0.342 e. The lowest BCUT2D eigenvalue weighted by Gasteiger charge is -2.29. The van der Waals surface area contributed by atoms with E-state index in [4.69, 9.17) is 10.7 Å².